The molecule has 1 unspecified atom stereocenters. The van der Waals surface area contributed by atoms with Crippen LogP contribution in [0.3, 0.4) is 0 Å². The number of allylic oxidation sites excluding steroid dienone is 3. The molecule has 0 amide bonds. The molecule has 0 aliphatic carbocycles. The zero-order valence-corrected chi connectivity index (χ0v) is 13.2. The van der Waals surface area contributed by atoms with Crippen LogP contribution in [0, 0.1) is 6.92 Å². The smallest absolute Gasteiger partial charge is 0.160 e. The van der Waals surface area contributed by atoms with Gasteiger partial charge in [0.2, 0.25) is 0 Å². The van der Waals surface area contributed by atoms with Gasteiger partial charge in [-0.25, -0.2) is 9.98 Å². The monoisotopic (exact) mass is 309 g/mol. The molecule has 2 aromatic heterocycles. The van der Waals surface area contributed by atoms with E-state index in [2.05, 4.69) is 50.5 Å². The first-order valence-electron chi connectivity index (χ1n) is 7.77. The Labute approximate surface area is 134 Å². The van der Waals surface area contributed by atoms with E-state index in [-0.39, 0.29) is 6.17 Å². The Morgan fingerprint density at radius 2 is 2.17 bits per heavy atom. The van der Waals surface area contributed by atoms with Gasteiger partial charge in [0.1, 0.15) is 23.1 Å². The Balaban J connectivity index is 1.40. The van der Waals surface area contributed by atoms with E-state index in [0.717, 1.165) is 41.7 Å². The number of imidazole rings is 1. The first-order valence-corrected chi connectivity index (χ1v) is 7.77. The summed E-state index contributed by atoms with van der Waals surface area (Å²) >= 11 is 0. The van der Waals surface area contributed by atoms with Crippen molar-refractivity contribution < 1.29 is 4.42 Å². The van der Waals surface area contributed by atoms with Gasteiger partial charge >= 0.3 is 0 Å². The second kappa shape index (κ2) is 5.46. The Morgan fingerprint density at radius 3 is 2.96 bits per heavy atom. The molecule has 6 heteroatoms. The molecule has 0 saturated carbocycles. The van der Waals surface area contributed by atoms with Gasteiger partial charge < -0.3 is 9.40 Å². The van der Waals surface area contributed by atoms with Gasteiger partial charge in [0.25, 0.3) is 0 Å². The van der Waals surface area contributed by atoms with Crippen LogP contribution in [-0.4, -0.2) is 27.0 Å². The van der Waals surface area contributed by atoms with Gasteiger partial charge in [-0.15, -0.1) is 0 Å². The number of nitrogens with zero attached hydrogens (tertiary/aromatic N) is 3. The van der Waals surface area contributed by atoms with E-state index in [1.54, 1.807) is 0 Å². The number of aliphatic imine (C=N–C) groups is 1. The number of aryl methyl sites for hydroxylation is 2. The summed E-state index contributed by atoms with van der Waals surface area (Å²) in [6.07, 6.45) is 9.72. The van der Waals surface area contributed by atoms with E-state index in [1.165, 1.54) is 5.70 Å². The average molecular weight is 309 g/mol. The van der Waals surface area contributed by atoms with Crippen LogP contribution in [0.4, 0.5) is 0 Å². The van der Waals surface area contributed by atoms with E-state index in [1.807, 2.05) is 25.3 Å². The lowest BCUT2D eigenvalue weighted by Gasteiger charge is -2.26. The van der Waals surface area contributed by atoms with E-state index < -0.39 is 0 Å². The number of fused-ring (bicyclic) bond motifs is 1. The van der Waals surface area contributed by atoms with Gasteiger partial charge in [0.15, 0.2) is 11.9 Å². The predicted octanol–water partition coefficient (Wildman–Crippen LogP) is 2.93. The molecule has 2 N–H and O–H groups in total. The summed E-state index contributed by atoms with van der Waals surface area (Å²) in [5.74, 6) is 3.64. The van der Waals surface area contributed by atoms with Crippen molar-refractivity contribution in [3.63, 3.8) is 0 Å². The zero-order chi connectivity index (χ0) is 15.8. The van der Waals surface area contributed by atoms with Crippen LogP contribution < -0.4 is 5.43 Å². The highest BCUT2D eigenvalue weighted by Crippen LogP contribution is 2.21. The first-order chi connectivity index (χ1) is 11.2. The van der Waals surface area contributed by atoms with Crippen molar-refractivity contribution in [3.05, 3.63) is 53.8 Å². The Hall–Kier alpha value is -2.76. The highest BCUT2D eigenvalue weighted by molar-refractivity contribution is 5.84. The van der Waals surface area contributed by atoms with Crippen LogP contribution in [0.25, 0.3) is 11.5 Å². The number of hydrazine groups is 1. The minimum Gasteiger partial charge on any atom is -0.460 e. The molecule has 6 nitrogen and oxygen atoms in total. The molecular formula is C17H19N5O. The average Bonchev–Trinajstić information content (AvgIpc) is 3.23. The van der Waals surface area contributed by atoms with E-state index in [9.17, 15) is 0 Å². The minimum absolute atomic E-state index is 0.0771. The van der Waals surface area contributed by atoms with Crippen LogP contribution in [0.15, 0.2) is 51.7 Å². The van der Waals surface area contributed by atoms with Crippen LogP contribution in [-0.2, 0) is 6.42 Å². The van der Waals surface area contributed by atoms with Gasteiger partial charge in [0, 0.05) is 18.5 Å². The fraction of sp³-hybridized carbons (Fsp3) is 0.294. The lowest BCUT2D eigenvalue weighted by molar-refractivity contribution is 0.283. The third-order valence-corrected chi connectivity index (χ3v) is 4.04. The number of rotatable bonds is 4. The number of aromatic amines is 1. The zero-order valence-electron chi connectivity index (χ0n) is 13.2. The van der Waals surface area contributed by atoms with Crippen LogP contribution >= 0.6 is 0 Å². The lowest BCUT2D eigenvalue weighted by atomic mass is 10.2. The number of hydrogen-bond acceptors (Lipinski definition) is 5. The fourth-order valence-corrected chi connectivity index (χ4v) is 2.80. The molecule has 0 bridgehead atoms. The second-order valence-electron chi connectivity index (χ2n) is 5.82. The molecular weight excluding hydrogens is 290 g/mol. The van der Waals surface area contributed by atoms with Crippen molar-refractivity contribution in [1.82, 2.24) is 20.4 Å². The maximum absolute atomic E-state index is 5.61. The quantitative estimate of drug-likeness (QED) is 0.911. The molecule has 23 heavy (non-hydrogen) atoms. The number of aromatic nitrogens is 2. The van der Waals surface area contributed by atoms with Crippen molar-refractivity contribution in [2.45, 2.75) is 32.9 Å². The Kier molecular flexibility index (Phi) is 3.29. The lowest BCUT2D eigenvalue weighted by Crippen LogP contribution is -2.39. The summed E-state index contributed by atoms with van der Waals surface area (Å²) in [5, 5.41) is 2.08. The van der Waals surface area contributed by atoms with Gasteiger partial charge in [-0.1, -0.05) is 6.08 Å². The molecule has 118 valence electrons. The van der Waals surface area contributed by atoms with Gasteiger partial charge in [-0.3, -0.25) is 10.4 Å². The molecule has 2 aromatic rings. The topological polar surface area (TPSA) is 69.4 Å². The third-order valence-electron chi connectivity index (χ3n) is 4.04. The van der Waals surface area contributed by atoms with Gasteiger partial charge in [-0.05, 0) is 38.1 Å². The summed E-state index contributed by atoms with van der Waals surface area (Å²) < 4.78 is 5.61. The Morgan fingerprint density at radius 1 is 1.26 bits per heavy atom. The number of H-pyrrole nitrogens is 1. The standard InChI is InChI=1S/C17H19N5O/c1-11-4-3-5-17-20-16(21-22(11)17)9-8-15-18-10-13(19-15)14-7-6-12(2)23-14/h3-7,10,17H,8-9H2,1-2H3,(H,18,19)(H,20,21). The molecule has 0 fully saturated rings. The maximum Gasteiger partial charge on any atom is 0.160 e. The normalized spacial score (nSPS) is 19.4. The largest absolute Gasteiger partial charge is 0.460 e. The summed E-state index contributed by atoms with van der Waals surface area (Å²) in [6.45, 7) is 4.01. The second-order valence-corrected chi connectivity index (χ2v) is 5.82. The summed E-state index contributed by atoms with van der Waals surface area (Å²) in [5.41, 5.74) is 5.44. The SMILES string of the molecule is CC1=CC=CC2N=C(CCc3ncc(-c4ccc(C)o4)[nH]3)NN12. The summed E-state index contributed by atoms with van der Waals surface area (Å²) in [4.78, 5) is 12.4. The van der Waals surface area contributed by atoms with Crippen molar-refractivity contribution >= 4 is 5.84 Å². The molecule has 4 heterocycles. The Bertz CT molecular complexity index is 811. The highest BCUT2D eigenvalue weighted by atomic mass is 16.3. The molecule has 0 aromatic carbocycles. The molecule has 0 saturated heterocycles. The van der Waals surface area contributed by atoms with E-state index >= 15 is 0 Å². The molecule has 4 rings (SSSR count). The molecule has 0 spiro atoms. The summed E-state index contributed by atoms with van der Waals surface area (Å²) in [6, 6.07) is 3.90. The highest BCUT2D eigenvalue weighted by Gasteiger charge is 2.25. The van der Waals surface area contributed by atoms with E-state index in [0.29, 0.717) is 0 Å². The van der Waals surface area contributed by atoms with Crippen molar-refractivity contribution in [2.24, 2.45) is 4.99 Å². The molecule has 2 aliphatic rings. The van der Waals surface area contributed by atoms with Crippen molar-refractivity contribution in [1.29, 1.82) is 0 Å². The van der Waals surface area contributed by atoms with Crippen LogP contribution in [0.1, 0.15) is 24.9 Å². The van der Waals surface area contributed by atoms with E-state index in [4.69, 9.17) is 4.42 Å². The van der Waals surface area contributed by atoms with Crippen LogP contribution in [0.2, 0.25) is 0 Å². The number of nitrogens with one attached hydrogen (secondary N) is 2. The van der Waals surface area contributed by atoms with Gasteiger partial charge in [0.05, 0.1) is 6.20 Å². The minimum atomic E-state index is 0.0771. The first kappa shape index (κ1) is 13.9. The summed E-state index contributed by atoms with van der Waals surface area (Å²) in [7, 11) is 0. The number of furan rings is 1. The van der Waals surface area contributed by atoms with Crippen LogP contribution in [0.5, 0.6) is 0 Å². The van der Waals surface area contributed by atoms with Crippen molar-refractivity contribution in [3.8, 4) is 11.5 Å². The fourth-order valence-electron chi connectivity index (χ4n) is 2.80. The number of hydrogen-bond donors (Lipinski definition) is 2. The maximum atomic E-state index is 5.61. The molecule has 0 radical (unpaired) electrons. The predicted molar refractivity (Wildman–Crippen MR) is 88.4 cm³/mol. The molecule has 1 atom stereocenters. The molecule has 2 aliphatic heterocycles. The van der Waals surface area contributed by atoms with Gasteiger partial charge in [-0.2, -0.15) is 0 Å². The van der Waals surface area contributed by atoms with Crippen molar-refractivity contribution in [2.75, 3.05) is 0 Å². The number of amidine groups is 1. The third kappa shape index (κ3) is 2.67.